The van der Waals surface area contributed by atoms with Gasteiger partial charge in [0.05, 0.1) is 0 Å². The van der Waals surface area contributed by atoms with E-state index in [1.165, 1.54) is 0 Å². The van der Waals surface area contributed by atoms with Gasteiger partial charge in [0.25, 0.3) is 0 Å². The van der Waals surface area contributed by atoms with Crippen LogP contribution < -0.4 is 17.0 Å². The molecule has 0 amide bonds. The average Bonchev–Trinajstić information content (AvgIpc) is 1.98. The largest absolute Gasteiger partial charge is 0.385 e. The molecule has 0 radical (unpaired) electrons. The Labute approximate surface area is 60.4 Å². The monoisotopic (exact) mass is 146 g/mol. The predicted octanol–water partition coefficient (Wildman–Crippen LogP) is -1.20. The highest BCUT2D eigenvalue weighted by molar-refractivity contribution is 5.76. The van der Waals surface area contributed by atoms with Crippen LogP contribution in [0.4, 0.5) is 0 Å². The number of ether oxygens (including phenoxy) is 1. The van der Waals surface area contributed by atoms with E-state index in [0.29, 0.717) is 13.2 Å². The van der Waals surface area contributed by atoms with Gasteiger partial charge in [-0.05, 0) is 6.42 Å². The van der Waals surface area contributed by atoms with E-state index in [0.717, 1.165) is 6.42 Å². The summed E-state index contributed by atoms with van der Waals surface area (Å²) in [5, 5.41) is 0. The van der Waals surface area contributed by atoms with Crippen LogP contribution in [0.5, 0.6) is 0 Å². The van der Waals surface area contributed by atoms with Crippen molar-refractivity contribution < 1.29 is 4.74 Å². The van der Waals surface area contributed by atoms with E-state index in [4.69, 9.17) is 16.3 Å². The first-order valence-corrected chi connectivity index (χ1v) is 3.06. The molecule has 0 aliphatic rings. The lowest BCUT2D eigenvalue weighted by Crippen LogP contribution is -2.37. The Balaban J connectivity index is 3.16. The molecule has 60 valence electrons. The fraction of sp³-hybridized carbons (Fsp3) is 0.800. The van der Waals surface area contributed by atoms with Gasteiger partial charge < -0.3 is 10.5 Å². The number of rotatable bonds is 4. The zero-order valence-electron chi connectivity index (χ0n) is 6.13. The summed E-state index contributed by atoms with van der Waals surface area (Å²) in [4.78, 5) is 3.86. The number of aliphatic imine (C=N–C) groups is 1. The molecule has 0 atom stereocenters. The summed E-state index contributed by atoms with van der Waals surface area (Å²) in [5.74, 6) is 5.21. The Bertz CT molecular complexity index is 104. The SMILES string of the molecule is COCCCN=C(N)NN. The highest BCUT2D eigenvalue weighted by atomic mass is 16.5. The maximum Gasteiger partial charge on any atom is 0.203 e. The molecule has 5 heteroatoms. The lowest BCUT2D eigenvalue weighted by Gasteiger charge is -1.97. The number of guanidine groups is 1. The van der Waals surface area contributed by atoms with Gasteiger partial charge in [0, 0.05) is 20.3 Å². The summed E-state index contributed by atoms with van der Waals surface area (Å²) in [5.41, 5.74) is 7.46. The van der Waals surface area contributed by atoms with Crippen LogP contribution in [0.3, 0.4) is 0 Å². The van der Waals surface area contributed by atoms with Crippen molar-refractivity contribution in [3.8, 4) is 0 Å². The third kappa shape index (κ3) is 5.33. The van der Waals surface area contributed by atoms with E-state index < -0.39 is 0 Å². The standard InChI is InChI=1S/C5H14N4O/c1-10-4-2-3-8-5(6)9-7/h2-4,7H2,1H3,(H3,6,8,9). The number of nitrogens with one attached hydrogen (secondary N) is 1. The predicted molar refractivity (Wildman–Crippen MR) is 40.3 cm³/mol. The van der Waals surface area contributed by atoms with Gasteiger partial charge >= 0.3 is 0 Å². The summed E-state index contributed by atoms with van der Waals surface area (Å²) >= 11 is 0. The first kappa shape index (κ1) is 9.19. The number of hydrogen-bond donors (Lipinski definition) is 3. The van der Waals surface area contributed by atoms with Gasteiger partial charge in [0.15, 0.2) is 0 Å². The Morgan fingerprint density at radius 2 is 2.40 bits per heavy atom. The summed E-state index contributed by atoms with van der Waals surface area (Å²) in [6.07, 6.45) is 0.860. The number of nitrogens with two attached hydrogens (primary N) is 2. The number of hydrogen-bond acceptors (Lipinski definition) is 3. The Kier molecular flexibility index (Phi) is 5.80. The summed E-state index contributed by atoms with van der Waals surface area (Å²) < 4.78 is 4.80. The molecule has 0 aromatic carbocycles. The highest BCUT2D eigenvalue weighted by Crippen LogP contribution is 1.80. The lowest BCUT2D eigenvalue weighted by molar-refractivity contribution is 0.197. The van der Waals surface area contributed by atoms with E-state index >= 15 is 0 Å². The minimum absolute atomic E-state index is 0.260. The zero-order chi connectivity index (χ0) is 7.82. The number of nitrogens with zero attached hydrogens (tertiary/aromatic N) is 1. The maximum absolute atomic E-state index is 5.23. The van der Waals surface area contributed by atoms with Crippen molar-refractivity contribution in [1.29, 1.82) is 0 Å². The second-order valence-corrected chi connectivity index (χ2v) is 1.76. The van der Waals surface area contributed by atoms with Crippen molar-refractivity contribution in [2.75, 3.05) is 20.3 Å². The van der Waals surface area contributed by atoms with Gasteiger partial charge in [-0.15, -0.1) is 0 Å². The highest BCUT2D eigenvalue weighted by Gasteiger charge is 1.85. The molecule has 10 heavy (non-hydrogen) atoms. The molecular formula is C5H14N4O. The fourth-order valence-corrected chi connectivity index (χ4v) is 0.454. The van der Waals surface area contributed by atoms with Gasteiger partial charge in [-0.25, -0.2) is 5.84 Å². The minimum atomic E-state index is 0.260. The van der Waals surface area contributed by atoms with Crippen LogP contribution in [0, 0.1) is 0 Å². The van der Waals surface area contributed by atoms with Gasteiger partial charge in [-0.3, -0.25) is 10.4 Å². The molecule has 0 saturated heterocycles. The molecule has 0 aromatic heterocycles. The van der Waals surface area contributed by atoms with Crippen LogP contribution in [0.2, 0.25) is 0 Å². The van der Waals surface area contributed by atoms with Crippen molar-refractivity contribution in [2.24, 2.45) is 16.6 Å². The van der Waals surface area contributed by atoms with Crippen molar-refractivity contribution in [3.63, 3.8) is 0 Å². The quantitative estimate of drug-likeness (QED) is 0.153. The summed E-state index contributed by atoms with van der Waals surface area (Å²) in [6, 6.07) is 0. The van der Waals surface area contributed by atoms with Crippen LogP contribution in [-0.4, -0.2) is 26.2 Å². The van der Waals surface area contributed by atoms with Crippen LogP contribution in [0.25, 0.3) is 0 Å². The topological polar surface area (TPSA) is 85.7 Å². The minimum Gasteiger partial charge on any atom is -0.385 e. The Morgan fingerprint density at radius 1 is 1.70 bits per heavy atom. The third-order valence-electron chi connectivity index (χ3n) is 0.937. The van der Waals surface area contributed by atoms with Gasteiger partial charge in [-0.1, -0.05) is 0 Å². The van der Waals surface area contributed by atoms with E-state index in [2.05, 4.69) is 10.4 Å². The summed E-state index contributed by atoms with van der Waals surface area (Å²) in [6.45, 7) is 1.34. The summed E-state index contributed by atoms with van der Waals surface area (Å²) in [7, 11) is 1.65. The van der Waals surface area contributed by atoms with Gasteiger partial charge in [0.1, 0.15) is 0 Å². The molecule has 5 N–H and O–H groups in total. The fourth-order valence-electron chi connectivity index (χ4n) is 0.454. The van der Waals surface area contributed by atoms with Crippen LogP contribution >= 0.6 is 0 Å². The van der Waals surface area contributed by atoms with Gasteiger partial charge in [-0.2, -0.15) is 0 Å². The second kappa shape index (κ2) is 6.31. The molecule has 5 nitrogen and oxygen atoms in total. The third-order valence-corrected chi connectivity index (χ3v) is 0.937. The van der Waals surface area contributed by atoms with Crippen molar-refractivity contribution in [3.05, 3.63) is 0 Å². The molecule has 0 aromatic rings. The second-order valence-electron chi connectivity index (χ2n) is 1.76. The molecule has 0 aliphatic carbocycles. The van der Waals surface area contributed by atoms with Crippen molar-refractivity contribution in [2.45, 2.75) is 6.42 Å². The molecular weight excluding hydrogens is 132 g/mol. The van der Waals surface area contributed by atoms with Crippen LogP contribution in [0.15, 0.2) is 4.99 Å². The van der Waals surface area contributed by atoms with Crippen LogP contribution in [-0.2, 0) is 4.74 Å². The van der Waals surface area contributed by atoms with E-state index in [-0.39, 0.29) is 5.96 Å². The smallest absolute Gasteiger partial charge is 0.203 e. The molecule has 0 heterocycles. The molecule has 0 fully saturated rings. The Morgan fingerprint density at radius 3 is 2.90 bits per heavy atom. The number of hydrazine groups is 1. The molecule has 0 unspecified atom stereocenters. The maximum atomic E-state index is 5.23. The normalized spacial score (nSPS) is 11.6. The number of methoxy groups -OCH3 is 1. The van der Waals surface area contributed by atoms with Gasteiger partial charge in [0.2, 0.25) is 5.96 Å². The van der Waals surface area contributed by atoms with Crippen molar-refractivity contribution in [1.82, 2.24) is 5.43 Å². The first-order valence-electron chi connectivity index (χ1n) is 3.06. The average molecular weight is 146 g/mol. The van der Waals surface area contributed by atoms with Crippen molar-refractivity contribution >= 4 is 5.96 Å². The molecule has 0 spiro atoms. The molecule has 0 bridgehead atoms. The Hall–Kier alpha value is -0.810. The molecule has 0 rings (SSSR count). The molecule has 0 aliphatic heterocycles. The zero-order valence-corrected chi connectivity index (χ0v) is 6.13. The van der Waals surface area contributed by atoms with E-state index in [9.17, 15) is 0 Å². The van der Waals surface area contributed by atoms with Crippen LogP contribution in [0.1, 0.15) is 6.42 Å². The lowest BCUT2D eigenvalue weighted by atomic mass is 10.5. The first-order chi connectivity index (χ1) is 4.81. The van der Waals surface area contributed by atoms with E-state index in [1.54, 1.807) is 7.11 Å². The molecule has 0 saturated carbocycles. The van der Waals surface area contributed by atoms with E-state index in [1.807, 2.05) is 0 Å².